The normalized spacial score (nSPS) is 11.1. The lowest BCUT2D eigenvalue weighted by Gasteiger charge is -2.19. The summed E-state index contributed by atoms with van der Waals surface area (Å²) < 4.78 is 5.13. The molecular formula is C17H25ClN2O3S. The maximum Gasteiger partial charge on any atom is 0.407 e. The van der Waals surface area contributed by atoms with Crippen molar-refractivity contribution in [1.29, 1.82) is 0 Å². The number of benzene rings is 1. The Balaban J connectivity index is 2.29. The first-order valence-corrected chi connectivity index (χ1v) is 9.23. The molecule has 0 radical (unpaired) electrons. The van der Waals surface area contributed by atoms with Crippen molar-refractivity contribution in [3.05, 3.63) is 28.3 Å². The molecule has 24 heavy (non-hydrogen) atoms. The van der Waals surface area contributed by atoms with E-state index in [0.29, 0.717) is 28.8 Å². The minimum atomic E-state index is -0.512. The SMILES string of the molecule is Cc1cc(C)c(NC(=O)CSCCNC(=O)OC(C)(C)C)c(Cl)c1. The number of amides is 2. The Hall–Kier alpha value is -1.40. The van der Waals surface area contributed by atoms with Gasteiger partial charge in [0, 0.05) is 12.3 Å². The predicted molar refractivity (Wildman–Crippen MR) is 101 cm³/mol. The standard InChI is InChI=1S/C17H25ClN2O3S/c1-11-8-12(2)15(13(18)9-11)20-14(21)10-24-7-6-19-16(22)23-17(3,4)5/h8-9H,6-7,10H2,1-5H3,(H,19,22)(H,20,21). The van der Waals surface area contributed by atoms with Gasteiger partial charge in [0.1, 0.15) is 5.60 Å². The maximum atomic E-state index is 12.0. The number of ether oxygens (including phenoxy) is 1. The highest BCUT2D eigenvalue weighted by atomic mass is 35.5. The molecule has 0 fully saturated rings. The lowest BCUT2D eigenvalue weighted by Crippen LogP contribution is -2.33. The Labute approximate surface area is 152 Å². The van der Waals surface area contributed by atoms with Crippen molar-refractivity contribution in [1.82, 2.24) is 5.32 Å². The van der Waals surface area contributed by atoms with Gasteiger partial charge in [0.2, 0.25) is 5.91 Å². The monoisotopic (exact) mass is 372 g/mol. The molecule has 0 aromatic heterocycles. The number of carbonyl (C=O) groups excluding carboxylic acids is 2. The topological polar surface area (TPSA) is 67.4 Å². The number of anilines is 1. The van der Waals surface area contributed by atoms with Gasteiger partial charge in [0.25, 0.3) is 0 Å². The molecule has 1 aromatic carbocycles. The second-order valence-corrected chi connectivity index (χ2v) is 7.98. The van der Waals surface area contributed by atoms with Gasteiger partial charge in [-0.05, 0) is 51.8 Å². The van der Waals surface area contributed by atoms with E-state index >= 15 is 0 Å². The van der Waals surface area contributed by atoms with Crippen LogP contribution >= 0.6 is 23.4 Å². The average molecular weight is 373 g/mol. The largest absolute Gasteiger partial charge is 0.444 e. The second-order valence-electron chi connectivity index (χ2n) is 6.47. The predicted octanol–water partition coefficient (Wildman–Crippen LogP) is 4.15. The molecule has 134 valence electrons. The third-order valence-corrected chi connectivity index (χ3v) is 4.10. The van der Waals surface area contributed by atoms with Crippen LogP contribution in [0.25, 0.3) is 0 Å². The van der Waals surface area contributed by atoms with Gasteiger partial charge >= 0.3 is 6.09 Å². The Kier molecular flexibility index (Phi) is 7.90. The Bertz CT molecular complexity index is 577. The third kappa shape index (κ3) is 7.93. The second kappa shape index (κ2) is 9.18. The molecule has 2 amide bonds. The summed E-state index contributed by atoms with van der Waals surface area (Å²) >= 11 is 7.60. The quantitative estimate of drug-likeness (QED) is 0.736. The molecule has 0 saturated heterocycles. The summed E-state index contributed by atoms with van der Waals surface area (Å²) in [6, 6.07) is 3.79. The van der Waals surface area contributed by atoms with Gasteiger partial charge in [-0.25, -0.2) is 4.79 Å². The smallest absolute Gasteiger partial charge is 0.407 e. The summed E-state index contributed by atoms with van der Waals surface area (Å²) in [6.45, 7) is 9.74. The molecule has 7 heteroatoms. The zero-order chi connectivity index (χ0) is 18.3. The number of aryl methyl sites for hydroxylation is 2. The number of halogens is 1. The number of thioether (sulfide) groups is 1. The minimum Gasteiger partial charge on any atom is -0.444 e. The Morgan fingerprint density at radius 2 is 1.92 bits per heavy atom. The van der Waals surface area contributed by atoms with Gasteiger partial charge < -0.3 is 15.4 Å². The van der Waals surface area contributed by atoms with Gasteiger partial charge in [-0.15, -0.1) is 0 Å². The molecule has 2 N–H and O–H groups in total. The first kappa shape index (κ1) is 20.6. The van der Waals surface area contributed by atoms with E-state index in [1.807, 2.05) is 46.8 Å². The maximum absolute atomic E-state index is 12.0. The van der Waals surface area contributed by atoms with E-state index in [1.165, 1.54) is 11.8 Å². The van der Waals surface area contributed by atoms with Crippen molar-refractivity contribution in [2.24, 2.45) is 0 Å². The number of hydrogen-bond acceptors (Lipinski definition) is 4. The molecule has 0 heterocycles. The molecular weight excluding hydrogens is 348 g/mol. The van der Waals surface area contributed by atoms with Crippen molar-refractivity contribution in [2.75, 3.05) is 23.4 Å². The molecule has 0 bridgehead atoms. The number of nitrogens with one attached hydrogen (secondary N) is 2. The lowest BCUT2D eigenvalue weighted by molar-refractivity contribution is -0.113. The highest BCUT2D eigenvalue weighted by Gasteiger charge is 2.15. The number of carbonyl (C=O) groups is 2. The van der Waals surface area contributed by atoms with Crippen LogP contribution in [0.2, 0.25) is 5.02 Å². The van der Waals surface area contributed by atoms with Crippen LogP contribution in [0.15, 0.2) is 12.1 Å². The molecule has 1 aromatic rings. The fraction of sp³-hybridized carbons (Fsp3) is 0.529. The number of hydrogen-bond donors (Lipinski definition) is 2. The van der Waals surface area contributed by atoms with Crippen LogP contribution in [0, 0.1) is 13.8 Å². The highest BCUT2D eigenvalue weighted by Crippen LogP contribution is 2.27. The van der Waals surface area contributed by atoms with E-state index < -0.39 is 11.7 Å². The van der Waals surface area contributed by atoms with Gasteiger partial charge in [0.15, 0.2) is 0 Å². The third-order valence-electron chi connectivity index (χ3n) is 2.84. The van der Waals surface area contributed by atoms with Crippen molar-refractivity contribution < 1.29 is 14.3 Å². The van der Waals surface area contributed by atoms with Crippen LogP contribution in [0.3, 0.4) is 0 Å². The van der Waals surface area contributed by atoms with Crippen molar-refractivity contribution >= 4 is 41.1 Å². The van der Waals surface area contributed by atoms with Crippen molar-refractivity contribution in [3.63, 3.8) is 0 Å². The summed E-state index contributed by atoms with van der Waals surface area (Å²) in [7, 11) is 0. The summed E-state index contributed by atoms with van der Waals surface area (Å²) in [5.41, 5.74) is 2.13. The fourth-order valence-corrected chi connectivity index (χ4v) is 2.97. The summed E-state index contributed by atoms with van der Waals surface area (Å²) in [4.78, 5) is 23.4. The van der Waals surface area contributed by atoms with E-state index in [4.69, 9.17) is 16.3 Å². The van der Waals surface area contributed by atoms with E-state index in [-0.39, 0.29) is 5.91 Å². The number of rotatable bonds is 6. The van der Waals surface area contributed by atoms with Gasteiger partial charge in [-0.2, -0.15) is 11.8 Å². The zero-order valence-corrected chi connectivity index (χ0v) is 16.4. The van der Waals surface area contributed by atoms with E-state index in [2.05, 4.69) is 10.6 Å². The lowest BCUT2D eigenvalue weighted by atomic mass is 10.1. The molecule has 0 aliphatic carbocycles. The molecule has 0 aliphatic rings. The molecule has 0 spiro atoms. The molecule has 0 unspecified atom stereocenters. The summed E-state index contributed by atoms with van der Waals surface area (Å²) in [5.74, 6) is 0.790. The van der Waals surface area contributed by atoms with Crippen LogP contribution in [-0.4, -0.2) is 35.7 Å². The summed E-state index contributed by atoms with van der Waals surface area (Å²) in [6.07, 6.45) is -0.449. The summed E-state index contributed by atoms with van der Waals surface area (Å²) in [5, 5.41) is 6.02. The fourth-order valence-electron chi connectivity index (χ4n) is 1.95. The number of alkyl carbamates (subject to hydrolysis) is 1. The highest BCUT2D eigenvalue weighted by molar-refractivity contribution is 7.99. The van der Waals surface area contributed by atoms with Crippen molar-refractivity contribution in [3.8, 4) is 0 Å². The van der Waals surface area contributed by atoms with Gasteiger partial charge in [0.05, 0.1) is 16.5 Å². The van der Waals surface area contributed by atoms with E-state index in [1.54, 1.807) is 0 Å². The van der Waals surface area contributed by atoms with Crippen LogP contribution < -0.4 is 10.6 Å². The average Bonchev–Trinajstić information content (AvgIpc) is 2.40. The van der Waals surface area contributed by atoms with E-state index in [0.717, 1.165) is 11.1 Å². The zero-order valence-electron chi connectivity index (χ0n) is 14.8. The molecule has 5 nitrogen and oxygen atoms in total. The van der Waals surface area contributed by atoms with Crippen LogP contribution in [-0.2, 0) is 9.53 Å². The van der Waals surface area contributed by atoms with Crippen LogP contribution in [0.5, 0.6) is 0 Å². The van der Waals surface area contributed by atoms with Crippen molar-refractivity contribution in [2.45, 2.75) is 40.2 Å². The Morgan fingerprint density at radius 1 is 1.25 bits per heavy atom. The molecule has 0 aliphatic heterocycles. The Morgan fingerprint density at radius 3 is 2.50 bits per heavy atom. The van der Waals surface area contributed by atoms with E-state index in [9.17, 15) is 9.59 Å². The molecule has 0 saturated carbocycles. The first-order chi connectivity index (χ1) is 11.1. The minimum absolute atomic E-state index is 0.119. The van der Waals surface area contributed by atoms with Crippen LogP contribution in [0.4, 0.5) is 10.5 Å². The van der Waals surface area contributed by atoms with Crippen LogP contribution in [0.1, 0.15) is 31.9 Å². The molecule has 1 rings (SSSR count). The van der Waals surface area contributed by atoms with Gasteiger partial charge in [-0.3, -0.25) is 4.79 Å². The molecule has 0 atom stereocenters. The first-order valence-electron chi connectivity index (χ1n) is 7.69. The van der Waals surface area contributed by atoms with Gasteiger partial charge in [-0.1, -0.05) is 17.7 Å².